The fourth-order valence-electron chi connectivity index (χ4n) is 1.38. The molecule has 2 aromatic rings. The molecule has 2 rings (SSSR count). The van der Waals surface area contributed by atoms with Crippen molar-refractivity contribution in [2.45, 2.75) is 5.33 Å². The number of rotatable bonds is 3. The summed E-state index contributed by atoms with van der Waals surface area (Å²) >= 11 is 3.33. The summed E-state index contributed by atoms with van der Waals surface area (Å²) in [6, 6.07) is 10.8. The van der Waals surface area contributed by atoms with Crippen LogP contribution in [0, 0.1) is 11.6 Å². The molecule has 0 heterocycles. The minimum absolute atomic E-state index is 0.275. The molecule has 0 fully saturated rings. The van der Waals surface area contributed by atoms with Gasteiger partial charge in [-0.15, -0.1) is 0 Å². The number of hydrogen-bond acceptors (Lipinski definition) is 1. The van der Waals surface area contributed by atoms with E-state index < -0.39 is 11.6 Å². The molecule has 0 aliphatic heterocycles. The topological polar surface area (TPSA) is 9.23 Å². The van der Waals surface area contributed by atoms with Crippen LogP contribution in [-0.4, -0.2) is 0 Å². The monoisotopic (exact) mass is 298 g/mol. The van der Waals surface area contributed by atoms with Crippen LogP contribution in [0.1, 0.15) is 5.56 Å². The minimum Gasteiger partial charge on any atom is -0.457 e. The fraction of sp³-hybridized carbons (Fsp3) is 0.0769. The Bertz CT molecular complexity index is 529. The van der Waals surface area contributed by atoms with Gasteiger partial charge in [-0.1, -0.05) is 34.1 Å². The van der Waals surface area contributed by atoms with Crippen molar-refractivity contribution in [1.82, 2.24) is 0 Å². The summed E-state index contributed by atoms with van der Waals surface area (Å²) in [5, 5.41) is 0.632. The maximum atomic E-state index is 13.0. The van der Waals surface area contributed by atoms with Gasteiger partial charge in [-0.3, -0.25) is 0 Å². The first kappa shape index (κ1) is 12.0. The van der Waals surface area contributed by atoms with Crippen molar-refractivity contribution in [3.8, 4) is 11.5 Å². The van der Waals surface area contributed by atoms with Crippen molar-refractivity contribution in [2.75, 3.05) is 0 Å². The van der Waals surface area contributed by atoms with Gasteiger partial charge < -0.3 is 4.74 Å². The molecular weight excluding hydrogens is 290 g/mol. The van der Waals surface area contributed by atoms with E-state index in [0.29, 0.717) is 11.1 Å². The molecule has 2 aromatic carbocycles. The van der Waals surface area contributed by atoms with Crippen LogP contribution in [0.4, 0.5) is 8.78 Å². The molecule has 17 heavy (non-hydrogen) atoms. The summed E-state index contributed by atoms with van der Waals surface area (Å²) in [6.07, 6.45) is 0. The van der Waals surface area contributed by atoms with E-state index in [4.69, 9.17) is 4.74 Å². The zero-order valence-corrected chi connectivity index (χ0v) is 10.4. The molecule has 4 heteroatoms. The lowest BCUT2D eigenvalue weighted by Crippen LogP contribution is -1.91. The molecule has 0 aromatic heterocycles. The fourth-order valence-corrected chi connectivity index (χ4v) is 1.84. The molecule has 0 saturated carbocycles. The Morgan fingerprint density at radius 3 is 2.47 bits per heavy atom. The first-order chi connectivity index (χ1) is 8.20. The van der Waals surface area contributed by atoms with E-state index >= 15 is 0 Å². The molecule has 0 aliphatic rings. The highest BCUT2D eigenvalue weighted by molar-refractivity contribution is 9.08. The van der Waals surface area contributed by atoms with Crippen molar-refractivity contribution in [1.29, 1.82) is 0 Å². The molecule has 0 radical (unpaired) electrons. The van der Waals surface area contributed by atoms with Gasteiger partial charge in [-0.2, -0.15) is 0 Å². The SMILES string of the molecule is Fc1ccc(Oc2ccccc2CBr)cc1F. The third kappa shape index (κ3) is 2.82. The Hall–Kier alpha value is -1.42. The van der Waals surface area contributed by atoms with Gasteiger partial charge in [-0.05, 0) is 18.2 Å². The Kier molecular flexibility index (Phi) is 3.74. The summed E-state index contributed by atoms with van der Waals surface area (Å²) in [6.45, 7) is 0. The van der Waals surface area contributed by atoms with Crippen molar-refractivity contribution in [2.24, 2.45) is 0 Å². The second-order valence-corrected chi connectivity index (χ2v) is 3.98. The number of halogens is 3. The van der Waals surface area contributed by atoms with E-state index in [1.165, 1.54) is 6.07 Å². The summed E-state index contributed by atoms with van der Waals surface area (Å²) in [4.78, 5) is 0. The molecule has 0 N–H and O–H groups in total. The Labute approximate surface area is 106 Å². The normalized spacial score (nSPS) is 10.3. The predicted octanol–water partition coefficient (Wildman–Crippen LogP) is 4.65. The van der Waals surface area contributed by atoms with Crippen molar-refractivity contribution >= 4 is 15.9 Å². The van der Waals surface area contributed by atoms with Gasteiger partial charge in [0.15, 0.2) is 11.6 Å². The summed E-state index contributed by atoms with van der Waals surface area (Å²) < 4.78 is 31.2. The van der Waals surface area contributed by atoms with Crippen molar-refractivity contribution in [3.05, 3.63) is 59.7 Å². The lowest BCUT2D eigenvalue weighted by Gasteiger charge is -2.09. The highest BCUT2D eigenvalue weighted by Gasteiger charge is 2.06. The molecule has 1 nitrogen and oxygen atoms in total. The average Bonchev–Trinajstić information content (AvgIpc) is 2.34. The highest BCUT2D eigenvalue weighted by Crippen LogP contribution is 2.27. The van der Waals surface area contributed by atoms with Gasteiger partial charge in [0.2, 0.25) is 0 Å². The predicted molar refractivity (Wildman–Crippen MR) is 65.5 cm³/mol. The summed E-state index contributed by atoms with van der Waals surface area (Å²) in [5.41, 5.74) is 0.942. The lowest BCUT2D eigenvalue weighted by molar-refractivity contribution is 0.459. The molecule has 0 bridgehead atoms. The van der Waals surface area contributed by atoms with Crippen LogP contribution >= 0.6 is 15.9 Å². The van der Waals surface area contributed by atoms with Crippen molar-refractivity contribution in [3.63, 3.8) is 0 Å². The second-order valence-electron chi connectivity index (χ2n) is 3.42. The van der Waals surface area contributed by atoms with E-state index in [2.05, 4.69) is 15.9 Å². The zero-order valence-electron chi connectivity index (χ0n) is 8.79. The standard InChI is InChI=1S/C13H9BrF2O/c14-8-9-3-1-2-4-13(9)17-10-5-6-11(15)12(16)7-10/h1-7H,8H2. The number of ether oxygens (including phenoxy) is 1. The molecule has 0 spiro atoms. The van der Waals surface area contributed by atoms with Gasteiger partial charge in [0.1, 0.15) is 11.5 Å². The van der Waals surface area contributed by atoms with E-state index in [-0.39, 0.29) is 5.75 Å². The van der Waals surface area contributed by atoms with Crippen LogP contribution in [0.3, 0.4) is 0 Å². The number of para-hydroxylation sites is 1. The van der Waals surface area contributed by atoms with E-state index in [1.807, 2.05) is 18.2 Å². The second kappa shape index (κ2) is 5.27. The maximum Gasteiger partial charge on any atom is 0.162 e. The minimum atomic E-state index is -0.918. The summed E-state index contributed by atoms with van der Waals surface area (Å²) in [5.74, 6) is -0.905. The van der Waals surface area contributed by atoms with Crippen LogP contribution in [0.5, 0.6) is 11.5 Å². The van der Waals surface area contributed by atoms with Crippen molar-refractivity contribution < 1.29 is 13.5 Å². The smallest absolute Gasteiger partial charge is 0.162 e. The first-order valence-electron chi connectivity index (χ1n) is 4.97. The van der Waals surface area contributed by atoms with Crippen LogP contribution in [-0.2, 0) is 5.33 Å². The van der Waals surface area contributed by atoms with Gasteiger partial charge in [-0.25, -0.2) is 8.78 Å². The largest absolute Gasteiger partial charge is 0.457 e. The number of benzene rings is 2. The third-order valence-electron chi connectivity index (χ3n) is 2.24. The molecule has 0 amide bonds. The molecule has 0 aliphatic carbocycles. The van der Waals surface area contributed by atoms with Gasteiger partial charge in [0.25, 0.3) is 0 Å². The van der Waals surface area contributed by atoms with Crippen LogP contribution in [0.2, 0.25) is 0 Å². The van der Waals surface area contributed by atoms with Crippen LogP contribution in [0.15, 0.2) is 42.5 Å². The van der Waals surface area contributed by atoms with E-state index in [1.54, 1.807) is 6.07 Å². The highest BCUT2D eigenvalue weighted by atomic mass is 79.9. The molecular formula is C13H9BrF2O. The third-order valence-corrected chi connectivity index (χ3v) is 2.84. The molecule has 88 valence electrons. The molecule has 0 atom stereocenters. The van der Waals surface area contributed by atoms with Gasteiger partial charge in [0.05, 0.1) is 0 Å². The van der Waals surface area contributed by atoms with Gasteiger partial charge in [0, 0.05) is 17.0 Å². The average molecular weight is 299 g/mol. The van der Waals surface area contributed by atoms with Crippen LogP contribution in [0.25, 0.3) is 0 Å². The molecule has 0 unspecified atom stereocenters. The number of hydrogen-bond donors (Lipinski definition) is 0. The van der Waals surface area contributed by atoms with E-state index in [0.717, 1.165) is 17.7 Å². The van der Waals surface area contributed by atoms with E-state index in [9.17, 15) is 8.78 Å². The van der Waals surface area contributed by atoms with Crippen LogP contribution < -0.4 is 4.74 Å². The Balaban J connectivity index is 2.28. The Morgan fingerprint density at radius 1 is 1.00 bits per heavy atom. The lowest BCUT2D eigenvalue weighted by atomic mass is 10.2. The zero-order chi connectivity index (χ0) is 12.3. The quantitative estimate of drug-likeness (QED) is 0.749. The Morgan fingerprint density at radius 2 is 1.76 bits per heavy atom. The summed E-state index contributed by atoms with van der Waals surface area (Å²) in [7, 11) is 0. The maximum absolute atomic E-state index is 13.0. The van der Waals surface area contributed by atoms with Gasteiger partial charge >= 0.3 is 0 Å². The molecule has 0 saturated heterocycles. The number of alkyl halides is 1. The first-order valence-corrected chi connectivity index (χ1v) is 6.09.